The van der Waals surface area contributed by atoms with Crippen molar-refractivity contribution in [3.8, 4) is 5.75 Å². The quantitative estimate of drug-likeness (QED) is 0.722. The fourth-order valence-electron chi connectivity index (χ4n) is 3.19. The molecule has 3 rings (SSSR count). The highest BCUT2D eigenvalue weighted by Crippen LogP contribution is 2.26. The summed E-state index contributed by atoms with van der Waals surface area (Å²) in [7, 11) is 3.44. The Morgan fingerprint density at radius 3 is 2.72 bits per heavy atom. The summed E-state index contributed by atoms with van der Waals surface area (Å²) in [5, 5.41) is 14.0. The number of ether oxygens (including phenoxy) is 1. The highest BCUT2D eigenvalue weighted by Gasteiger charge is 2.20. The minimum atomic E-state index is -0.908. The standard InChI is InChI=1S/C20H22N2O3/c1-13-7-8-16-17(19(20(23)24)22(2)18(16)9-13)12-21-11-14-5-4-6-15(10-14)25-3/h4-10,21H,11-12H2,1-3H3,(H,23,24). The Bertz CT molecular complexity index is 928. The lowest BCUT2D eigenvalue weighted by Crippen LogP contribution is -2.16. The van der Waals surface area contributed by atoms with Gasteiger partial charge in [-0.15, -0.1) is 0 Å². The Morgan fingerprint density at radius 1 is 1.20 bits per heavy atom. The van der Waals surface area contributed by atoms with Crippen molar-refractivity contribution < 1.29 is 14.6 Å². The Hall–Kier alpha value is -2.79. The van der Waals surface area contributed by atoms with Gasteiger partial charge in [-0.05, 0) is 36.2 Å². The Kier molecular flexibility index (Phi) is 4.76. The van der Waals surface area contributed by atoms with Gasteiger partial charge in [-0.1, -0.05) is 24.3 Å². The number of rotatable bonds is 6. The number of carboxylic acids is 1. The molecular weight excluding hydrogens is 316 g/mol. The molecule has 2 aromatic carbocycles. The second-order valence-electron chi connectivity index (χ2n) is 6.17. The van der Waals surface area contributed by atoms with E-state index < -0.39 is 5.97 Å². The average Bonchev–Trinajstić information content (AvgIpc) is 2.87. The largest absolute Gasteiger partial charge is 0.497 e. The van der Waals surface area contributed by atoms with Gasteiger partial charge in [0, 0.05) is 36.6 Å². The van der Waals surface area contributed by atoms with Gasteiger partial charge in [-0.2, -0.15) is 0 Å². The molecule has 0 amide bonds. The number of aromatic carboxylic acids is 1. The molecule has 3 aromatic rings. The molecular formula is C20H22N2O3. The monoisotopic (exact) mass is 338 g/mol. The van der Waals surface area contributed by atoms with Crippen molar-refractivity contribution in [1.29, 1.82) is 0 Å². The first-order chi connectivity index (χ1) is 12.0. The molecule has 0 saturated carbocycles. The van der Waals surface area contributed by atoms with Crippen LogP contribution in [-0.2, 0) is 20.1 Å². The van der Waals surface area contributed by atoms with Gasteiger partial charge in [0.05, 0.1) is 7.11 Å². The molecule has 130 valence electrons. The highest BCUT2D eigenvalue weighted by molar-refractivity contribution is 5.98. The number of nitrogens with one attached hydrogen (secondary N) is 1. The molecule has 0 aliphatic heterocycles. The van der Waals surface area contributed by atoms with Gasteiger partial charge < -0.3 is 19.7 Å². The maximum atomic E-state index is 11.7. The molecule has 0 aliphatic rings. The van der Waals surface area contributed by atoms with Crippen molar-refractivity contribution in [2.24, 2.45) is 7.05 Å². The molecule has 0 saturated heterocycles. The van der Waals surface area contributed by atoms with Crippen molar-refractivity contribution in [2.75, 3.05) is 7.11 Å². The van der Waals surface area contributed by atoms with E-state index in [9.17, 15) is 9.90 Å². The van der Waals surface area contributed by atoms with Crippen LogP contribution in [0.4, 0.5) is 0 Å². The van der Waals surface area contributed by atoms with Gasteiger partial charge in [-0.3, -0.25) is 0 Å². The third-order valence-corrected chi connectivity index (χ3v) is 4.43. The predicted molar refractivity (Wildman–Crippen MR) is 98.2 cm³/mol. The molecule has 0 unspecified atom stereocenters. The number of carboxylic acid groups (broad SMARTS) is 1. The number of benzene rings is 2. The molecule has 0 radical (unpaired) electrons. The molecule has 0 fully saturated rings. The van der Waals surface area contributed by atoms with E-state index in [0.717, 1.165) is 33.3 Å². The molecule has 0 aliphatic carbocycles. The molecule has 25 heavy (non-hydrogen) atoms. The highest BCUT2D eigenvalue weighted by atomic mass is 16.5. The number of aromatic nitrogens is 1. The van der Waals surface area contributed by atoms with Crippen LogP contribution in [0, 0.1) is 6.92 Å². The summed E-state index contributed by atoms with van der Waals surface area (Å²) >= 11 is 0. The van der Waals surface area contributed by atoms with Crippen LogP contribution in [0.5, 0.6) is 5.75 Å². The Balaban J connectivity index is 1.87. The van der Waals surface area contributed by atoms with Crippen LogP contribution in [-0.4, -0.2) is 22.8 Å². The molecule has 0 atom stereocenters. The maximum Gasteiger partial charge on any atom is 0.352 e. The zero-order valence-corrected chi connectivity index (χ0v) is 14.7. The number of hydrogen-bond donors (Lipinski definition) is 2. The molecule has 5 nitrogen and oxygen atoms in total. The minimum absolute atomic E-state index is 0.332. The van der Waals surface area contributed by atoms with E-state index in [0.29, 0.717) is 18.8 Å². The maximum absolute atomic E-state index is 11.7. The lowest BCUT2D eigenvalue weighted by atomic mass is 10.1. The van der Waals surface area contributed by atoms with Crippen molar-refractivity contribution in [1.82, 2.24) is 9.88 Å². The van der Waals surface area contributed by atoms with Crippen LogP contribution in [0.25, 0.3) is 10.9 Å². The molecule has 1 heterocycles. The smallest absolute Gasteiger partial charge is 0.352 e. The predicted octanol–water partition coefficient (Wildman–Crippen LogP) is 3.48. The van der Waals surface area contributed by atoms with Crippen LogP contribution in [0.1, 0.15) is 27.2 Å². The summed E-state index contributed by atoms with van der Waals surface area (Å²) < 4.78 is 6.99. The Morgan fingerprint density at radius 2 is 2.00 bits per heavy atom. The van der Waals surface area contributed by atoms with Crippen molar-refractivity contribution in [3.05, 3.63) is 64.8 Å². The lowest BCUT2D eigenvalue weighted by Gasteiger charge is -2.08. The van der Waals surface area contributed by atoms with Crippen LogP contribution < -0.4 is 10.1 Å². The SMILES string of the molecule is COc1cccc(CNCc2c(C(=O)O)n(C)c3cc(C)ccc23)c1. The summed E-state index contributed by atoms with van der Waals surface area (Å²) in [4.78, 5) is 11.7. The Labute approximate surface area is 146 Å². The first-order valence-electron chi connectivity index (χ1n) is 8.16. The van der Waals surface area contributed by atoms with Crippen LogP contribution >= 0.6 is 0 Å². The van der Waals surface area contributed by atoms with Crippen LogP contribution in [0.15, 0.2) is 42.5 Å². The average molecular weight is 338 g/mol. The number of nitrogens with zero attached hydrogens (tertiary/aromatic N) is 1. The summed E-state index contributed by atoms with van der Waals surface area (Å²) in [6.07, 6.45) is 0. The van der Waals surface area contributed by atoms with E-state index in [-0.39, 0.29) is 0 Å². The first-order valence-corrected chi connectivity index (χ1v) is 8.16. The molecule has 0 spiro atoms. The van der Waals surface area contributed by atoms with E-state index in [1.807, 2.05) is 49.4 Å². The van der Waals surface area contributed by atoms with Gasteiger partial charge in [0.15, 0.2) is 0 Å². The van der Waals surface area contributed by atoms with E-state index in [1.165, 1.54) is 0 Å². The number of methoxy groups -OCH3 is 1. The lowest BCUT2D eigenvalue weighted by molar-refractivity contribution is 0.0685. The summed E-state index contributed by atoms with van der Waals surface area (Å²) in [5.74, 6) is -0.0966. The number of fused-ring (bicyclic) bond motifs is 1. The fourth-order valence-corrected chi connectivity index (χ4v) is 3.19. The minimum Gasteiger partial charge on any atom is -0.497 e. The molecule has 5 heteroatoms. The van der Waals surface area contributed by atoms with Crippen molar-refractivity contribution in [2.45, 2.75) is 20.0 Å². The van der Waals surface area contributed by atoms with Crippen molar-refractivity contribution >= 4 is 16.9 Å². The molecule has 1 aromatic heterocycles. The summed E-state index contributed by atoms with van der Waals surface area (Å²) in [6.45, 7) is 3.13. The first kappa shape index (κ1) is 17.0. The van der Waals surface area contributed by atoms with Gasteiger partial charge in [0.2, 0.25) is 0 Å². The van der Waals surface area contributed by atoms with Gasteiger partial charge in [0.1, 0.15) is 11.4 Å². The summed E-state index contributed by atoms with van der Waals surface area (Å²) in [6, 6.07) is 13.9. The van der Waals surface area contributed by atoms with Crippen LogP contribution in [0.3, 0.4) is 0 Å². The third-order valence-electron chi connectivity index (χ3n) is 4.43. The fraction of sp³-hybridized carbons (Fsp3) is 0.250. The summed E-state index contributed by atoms with van der Waals surface area (Å²) in [5.41, 5.74) is 4.29. The van der Waals surface area contributed by atoms with E-state index in [2.05, 4.69) is 5.32 Å². The second-order valence-corrected chi connectivity index (χ2v) is 6.17. The third kappa shape index (κ3) is 3.37. The van der Waals surface area contributed by atoms with Crippen molar-refractivity contribution in [3.63, 3.8) is 0 Å². The van der Waals surface area contributed by atoms with Crippen LogP contribution in [0.2, 0.25) is 0 Å². The van der Waals surface area contributed by atoms with E-state index in [4.69, 9.17) is 4.74 Å². The normalized spacial score (nSPS) is 11.0. The topological polar surface area (TPSA) is 63.5 Å². The number of hydrogen-bond acceptors (Lipinski definition) is 3. The molecule has 0 bridgehead atoms. The number of carbonyl (C=O) groups is 1. The van der Waals surface area contributed by atoms with E-state index >= 15 is 0 Å². The van der Waals surface area contributed by atoms with E-state index in [1.54, 1.807) is 18.7 Å². The number of aryl methyl sites for hydroxylation is 2. The second kappa shape index (κ2) is 6.99. The van der Waals surface area contributed by atoms with Gasteiger partial charge in [-0.25, -0.2) is 4.79 Å². The zero-order valence-electron chi connectivity index (χ0n) is 14.7. The van der Waals surface area contributed by atoms with Gasteiger partial charge in [0.25, 0.3) is 0 Å². The van der Waals surface area contributed by atoms with Gasteiger partial charge >= 0.3 is 5.97 Å². The zero-order chi connectivity index (χ0) is 18.0. The molecule has 2 N–H and O–H groups in total.